The fourth-order valence-corrected chi connectivity index (χ4v) is 4.40. The van der Waals surface area contributed by atoms with Crippen molar-refractivity contribution in [3.05, 3.63) is 54.3 Å². The summed E-state index contributed by atoms with van der Waals surface area (Å²) < 4.78 is 13.2. The molecule has 1 saturated heterocycles. The number of nitrogens with one attached hydrogen (secondary N) is 1. The lowest BCUT2D eigenvalue weighted by Crippen LogP contribution is -2.47. The fraction of sp³-hybridized carbons (Fsp3) is 0.391. The van der Waals surface area contributed by atoms with Gasteiger partial charge in [0.05, 0.1) is 5.52 Å². The molecule has 150 valence electrons. The second kappa shape index (κ2) is 7.85. The van der Waals surface area contributed by atoms with Gasteiger partial charge in [-0.15, -0.1) is 0 Å². The summed E-state index contributed by atoms with van der Waals surface area (Å²) in [6.45, 7) is 3.43. The maximum atomic E-state index is 13.2. The lowest BCUT2D eigenvalue weighted by atomic mass is 10.2. The van der Waals surface area contributed by atoms with Crippen LogP contribution in [0.15, 0.2) is 48.5 Å². The van der Waals surface area contributed by atoms with Crippen molar-refractivity contribution >= 4 is 28.4 Å². The number of nitrogens with zero attached hydrogens (tertiary/aromatic N) is 4. The molecule has 3 aromatic rings. The van der Waals surface area contributed by atoms with Crippen molar-refractivity contribution in [2.45, 2.75) is 31.7 Å². The molecule has 0 spiro atoms. The van der Waals surface area contributed by atoms with Crippen LogP contribution in [0.2, 0.25) is 0 Å². The average molecular weight is 391 g/mol. The van der Waals surface area contributed by atoms with Crippen molar-refractivity contribution in [2.24, 2.45) is 0 Å². The third-order valence-corrected chi connectivity index (χ3v) is 6.04. The van der Waals surface area contributed by atoms with Crippen molar-refractivity contribution in [2.75, 3.05) is 41.3 Å². The SMILES string of the molecule is Fc1ccc(N2CCN(c3nc(NC4CCCC4)c4ccccc4n3)CC2)cc1. The predicted molar refractivity (Wildman–Crippen MR) is 116 cm³/mol. The zero-order chi connectivity index (χ0) is 19.6. The van der Waals surface area contributed by atoms with Crippen LogP contribution >= 0.6 is 0 Å². The molecule has 1 N–H and O–H groups in total. The zero-order valence-electron chi connectivity index (χ0n) is 16.5. The Labute approximate surface area is 170 Å². The monoisotopic (exact) mass is 391 g/mol. The molecule has 1 saturated carbocycles. The van der Waals surface area contributed by atoms with Crippen LogP contribution in [0.3, 0.4) is 0 Å². The number of piperazine rings is 1. The molecule has 1 aliphatic heterocycles. The van der Waals surface area contributed by atoms with Gasteiger partial charge in [-0.1, -0.05) is 25.0 Å². The summed E-state index contributed by atoms with van der Waals surface area (Å²) in [5, 5.41) is 4.77. The molecule has 0 unspecified atom stereocenters. The van der Waals surface area contributed by atoms with Gasteiger partial charge < -0.3 is 15.1 Å². The smallest absolute Gasteiger partial charge is 0.228 e. The van der Waals surface area contributed by atoms with E-state index in [1.54, 1.807) is 0 Å². The highest BCUT2D eigenvalue weighted by molar-refractivity contribution is 5.90. The molecule has 5 nitrogen and oxygen atoms in total. The first kappa shape index (κ1) is 18.2. The van der Waals surface area contributed by atoms with Crippen LogP contribution in [0.1, 0.15) is 25.7 Å². The fourth-order valence-electron chi connectivity index (χ4n) is 4.40. The average Bonchev–Trinajstić information content (AvgIpc) is 3.27. The summed E-state index contributed by atoms with van der Waals surface area (Å²) in [7, 11) is 0. The van der Waals surface area contributed by atoms with Gasteiger partial charge >= 0.3 is 0 Å². The summed E-state index contributed by atoms with van der Waals surface area (Å²) >= 11 is 0. The maximum Gasteiger partial charge on any atom is 0.228 e. The normalized spacial score (nSPS) is 17.8. The molecule has 6 heteroatoms. The third-order valence-electron chi connectivity index (χ3n) is 6.04. The van der Waals surface area contributed by atoms with Crippen LogP contribution in [0, 0.1) is 5.82 Å². The summed E-state index contributed by atoms with van der Waals surface area (Å²) in [5.41, 5.74) is 2.05. The van der Waals surface area contributed by atoms with E-state index in [0.717, 1.165) is 54.5 Å². The van der Waals surface area contributed by atoms with Gasteiger partial charge in [0.15, 0.2) is 0 Å². The number of hydrogen-bond acceptors (Lipinski definition) is 5. The van der Waals surface area contributed by atoms with Gasteiger partial charge in [-0.25, -0.2) is 9.37 Å². The lowest BCUT2D eigenvalue weighted by Gasteiger charge is -2.36. The molecule has 2 fully saturated rings. The molecule has 2 aromatic carbocycles. The van der Waals surface area contributed by atoms with Gasteiger partial charge in [0.25, 0.3) is 0 Å². The Morgan fingerprint density at radius 1 is 0.828 bits per heavy atom. The quantitative estimate of drug-likeness (QED) is 0.712. The number of halogens is 1. The Bertz CT molecular complexity index is 976. The van der Waals surface area contributed by atoms with Crippen LogP contribution < -0.4 is 15.1 Å². The van der Waals surface area contributed by atoms with Crippen molar-refractivity contribution in [1.82, 2.24) is 9.97 Å². The zero-order valence-corrected chi connectivity index (χ0v) is 16.5. The molecule has 2 heterocycles. The van der Waals surface area contributed by atoms with Crippen LogP contribution in [-0.2, 0) is 0 Å². The van der Waals surface area contributed by atoms with E-state index < -0.39 is 0 Å². The van der Waals surface area contributed by atoms with Crippen molar-refractivity contribution in [3.8, 4) is 0 Å². The van der Waals surface area contributed by atoms with E-state index in [1.807, 2.05) is 24.3 Å². The Balaban J connectivity index is 1.36. The van der Waals surface area contributed by atoms with E-state index in [1.165, 1.54) is 37.8 Å². The molecule has 0 bridgehead atoms. The number of anilines is 3. The van der Waals surface area contributed by atoms with Crippen LogP contribution in [0.25, 0.3) is 10.9 Å². The Kier molecular flexibility index (Phi) is 4.92. The molecule has 29 heavy (non-hydrogen) atoms. The molecular weight excluding hydrogens is 365 g/mol. The highest BCUT2D eigenvalue weighted by Crippen LogP contribution is 2.28. The van der Waals surface area contributed by atoms with E-state index in [4.69, 9.17) is 9.97 Å². The summed E-state index contributed by atoms with van der Waals surface area (Å²) in [6, 6.07) is 15.5. The molecule has 0 amide bonds. The largest absolute Gasteiger partial charge is 0.368 e. The molecule has 1 aromatic heterocycles. The van der Waals surface area contributed by atoms with Gasteiger partial charge in [-0.05, 0) is 49.2 Å². The van der Waals surface area contributed by atoms with E-state index in [0.29, 0.717) is 6.04 Å². The number of rotatable bonds is 4. The lowest BCUT2D eigenvalue weighted by molar-refractivity contribution is 0.623. The number of para-hydroxylation sites is 1. The summed E-state index contributed by atoms with van der Waals surface area (Å²) in [6.07, 6.45) is 5.01. The molecule has 5 rings (SSSR count). The Morgan fingerprint density at radius 3 is 2.28 bits per heavy atom. The van der Waals surface area contributed by atoms with E-state index in [9.17, 15) is 4.39 Å². The van der Waals surface area contributed by atoms with Crippen molar-refractivity contribution in [1.29, 1.82) is 0 Å². The van der Waals surface area contributed by atoms with E-state index in [2.05, 4.69) is 27.2 Å². The second-order valence-corrected chi connectivity index (χ2v) is 7.97. The van der Waals surface area contributed by atoms with Gasteiger partial charge in [-0.3, -0.25) is 0 Å². The van der Waals surface area contributed by atoms with E-state index in [-0.39, 0.29) is 5.82 Å². The number of fused-ring (bicyclic) bond motifs is 1. The second-order valence-electron chi connectivity index (χ2n) is 7.97. The first-order valence-electron chi connectivity index (χ1n) is 10.5. The molecule has 0 radical (unpaired) electrons. The highest BCUT2D eigenvalue weighted by atomic mass is 19.1. The van der Waals surface area contributed by atoms with E-state index >= 15 is 0 Å². The number of aromatic nitrogens is 2. The molecule has 0 atom stereocenters. The van der Waals surface area contributed by atoms with Gasteiger partial charge in [0.1, 0.15) is 11.6 Å². The Hall–Kier alpha value is -2.89. The Morgan fingerprint density at radius 2 is 1.52 bits per heavy atom. The van der Waals surface area contributed by atoms with Gasteiger partial charge in [0, 0.05) is 43.3 Å². The minimum atomic E-state index is -0.195. The maximum absolute atomic E-state index is 13.2. The first-order chi connectivity index (χ1) is 14.3. The minimum Gasteiger partial charge on any atom is -0.368 e. The minimum absolute atomic E-state index is 0.195. The predicted octanol–water partition coefficient (Wildman–Crippen LogP) is 4.45. The molecule has 2 aliphatic rings. The van der Waals surface area contributed by atoms with Crippen LogP contribution in [0.4, 0.5) is 21.8 Å². The van der Waals surface area contributed by atoms with Crippen molar-refractivity contribution < 1.29 is 4.39 Å². The third kappa shape index (κ3) is 3.84. The van der Waals surface area contributed by atoms with Gasteiger partial charge in [-0.2, -0.15) is 4.98 Å². The highest BCUT2D eigenvalue weighted by Gasteiger charge is 2.22. The standard InChI is InChI=1S/C23H26FN5/c24-17-9-11-19(12-10-17)28-13-15-29(16-14-28)23-26-21-8-4-3-7-20(21)22(27-23)25-18-5-1-2-6-18/h3-4,7-12,18H,1-2,5-6,13-16H2,(H,25,26,27). The van der Waals surface area contributed by atoms with Crippen LogP contribution in [0.5, 0.6) is 0 Å². The van der Waals surface area contributed by atoms with Crippen LogP contribution in [-0.4, -0.2) is 42.2 Å². The molecule has 1 aliphatic carbocycles. The number of hydrogen-bond donors (Lipinski definition) is 1. The number of benzene rings is 2. The summed E-state index contributed by atoms with van der Waals surface area (Å²) in [5.74, 6) is 1.56. The van der Waals surface area contributed by atoms with Gasteiger partial charge in [0.2, 0.25) is 5.95 Å². The first-order valence-corrected chi connectivity index (χ1v) is 10.5. The summed E-state index contributed by atoms with van der Waals surface area (Å²) in [4.78, 5) is 14.3. The topological polar surface area (TPSA) is 44.3 Å². The molecular formula is C23H26FN5. The van der Waals surface area contributed by atoms with Crippen molar-refractivity contribution in [3.63, 3.8) is 0 Å².